The van der Waals surface area contributed by atoms with Gasteiger partial charge in [0.05, 0.1) is 4.47 Å². The first-order chi connectivity index (χ1) is 6.24. The van der Waals surface area contributed by atoms with Gasteiger partial charge in [0.25, 0.3) is 0 Å². The molecule has 0 spiro atoms. The van der Waals surface area contributed by atoms with E-state index in [1.807, 2.05) is 0 Å². The van der Waals surface area contributed by atoms with Crippen LogP contribution in [-0.2, 0) is 0 Å². The van der Waals surface area contributed by atoms with Crippen LogP contribution in [0.15, 0.2) is 22.8 Å². The van der Waals surface area contributed by atoms with Gasteiger partial charge in [0, 0.05) is 22.7 Å². The predicted octanol–water partition coefficient (Wildman–Crippen LogP) is 2.45. The Labute approximate surface area is 82.5 Å². The summed E-state index contributed by atoms with van der Waals surface area (Å²) in [6.45, 7) is 0. The number of benzene rings is 1. The molecule has 0 aliphatic rings. The maximum atomic E-state index is 10.6. The number of aldehydes is 1. The molecule has 66 valence electrons. The van der Waals surface area contributed by atoms with Gasteiger partial charge in [-0.05, 0) is 28.1 Å². The van der Waals surface area contributed by atoms with Crippen LogP contribution < -0.4 is 0 Å². The molecule has 0 aliphatic carbocycles. The van der Waals surface area contributed by atoms with Gasteiger partial charge in [-0.1, -0.05) is 0 Å². The van der Waals surface area contributed by atoms with E-state index in [4.69, 9.17) is 0 Å². The average Bonchev–Trinajstić information content (AvgIpc) is 2.55. The van der Waals surface area contributed by atoms with Crippen LogP contribution >= 0.6 is 15.9 Å². The largest absolute Gasteiger partial charge is 0.507 e. The zero-order valence-corrected chi connectivity index (χ0v) is 8.13. The molecule has 13 heavy (non-hydrogen) atoms. The first-order valence-electron chi connectivity index (χ1n) is 3.68. The summed E-state index contributed by atoms with van der Waals surface area (Å²) in [6.07, 6.45) is 2.37. The lowest BCUT2D eigenvalue weighted by Crippen LogP contribution is -1.77. The number of carbonyl (C=O) groups is 1. The molecule has 2 N–H and O–H groups in total. The van der Waals surface area contributed by atoms with E-state index in [1.165, 1.54) is 0 Å². The van der Waals surface area contributed by atoms with Crippen LogP contribution in [0.2, 0.25) is 0 Å². The van der Waals surface area contributed by atoms with Gasteiger partial charge in [-0.3, -0.25) is 4.79 Å². The minimum atomic E-state index is 0.134. The number of nitrogens with one attached hydrogen (secondary N) is 1. The van der Waals surface area contributed by atoms with Crippen molar-refractivity contribution in [2.45, 2.75) is 0 Å². The molecule has 0 fully saturated rings. The molecule has 1 heterocycles. The number of aromatic hydroxyl groups is 1. The molecule has 1 aromatic heterocycles. The van der Waals surface area contributed by atoms with Crippen LogP contribution in [0.1, 0.15) is 10.4 Å². The van der Waals surface area contributed by atoms with Crippen molar-refractivity contribution in [3.8, 4) is 5.75 Å². The number of rotatable bonds is 1. The molecule has 2 aromatic rings. The molecule has 0 bridgehead atoms. The molecular weight excluding hydrogens is 234 g/mol. The van der Waals surface area contributed by atoms with E-state index in [2.05, 4.69) is 20.9 Å². The molecule has 3 nitrogen and oxygen atoms in total. The van der Waals surface area contributed by atoms with Gasteiger partial charge in [0.2, 0.25) is 0 Å². The predicted molar refractivity (Wildman–Crippen MR) is 53.1 cm³/mol. The van der Waals surface area contributed by atoms with Crippen molar-refractivity contribution in [1.29, 1.82) is 0 Å². The van der Waals surface area contributed by atoms with E-state index in [1.54, 1.807) is 18.3 Å². The molecule has 0 amide bonds. The fourth-order valence-corrected chi connectivity index (χ4v) is 1.86. The highest BCUT2D eigenvalue weighted by Crippen LogP contribution is 2.33. The van der Waals surface area contributed by atoms with Crippen LogP contribution in [0.4, 0.5) is 0 Å². The Kier molecular flexibility index (Phi) is 1.84. The third kappa shape index (κ3) is 1.14. The van der Waals surface area contributed by atoms with Crippen molar-refractivity contribution < 1.29 is 9.90 Å². The summed E-state index contributed by atoms with van der Waals surface area (Å²) in [5.41, 5.74) is 1.37. The second-order valence-corrected chi connectivity index (χ2v) is 3.48. The van der Waals surface area contributed by atoms with E-state index in [0.717, 1.165) is 17.2 Å². The molecule has 4 heteroatoms. The number of phenolic OH excluding ortho intramolecular Hbond substituents is 1. The second-order valence-electron chi connectivity index (χ2n) is 2.68. The minimum absolute atomic E-state index is 0.134. The summed E-state index contributed by atoms with van der Waals surface area (Å²) < 4.78 is 0.549. The van der Waals surface area contributed by atoms with Gasteiger partial charge in [-0.15, -0.1) is 0 Å². The summed E-state index contributed by atoms with van der Waals surface area (Å²) in [5.74, 6) is 0.134. The maximum Gasteiger partial charge on any atom is 0.152 e. The highest BCUT2D eigenvalue weighted by molar-refractivity contribution is 9.10. The molecule has 1 aromatic carbocycles. The third-order valence-electron chi connectivity index (χ3n) is 1.92. The highest BCUT2D eigenvalue weighted by atomic mass is 79.9. The van der Waals surface area contributed by atoms with Crippen LogP contribution in [0, 0.1) is 0 Å². The van der Waals surface area contributed by atoms with Gasteiger partial charge in [0.15, 0.2) is 6.29 Å². The molecule has 0 atom stereocenters. The van der Waals surface area contributed by atoms with E-state index in [0.29, 0.717) is 10.0 Å². The fourth-order valence-electron chi connectivity index (χ4n) is 1.29. The Morgan fingerprint density at radius 3 is 2.92 bits per heavy atom. The topological polar surface area (TPSA) is 53.1 Å². The molecular formula is C9H6BrNO2. The first-order valence-corrected chi connectivity index (χ1v) is 4.47. The van der Waals surface area contributed by atoms with Gasteiger partial charge >= 0.3 is 0 Å². The van der Waals surface area contributed by atoms with Gasteiger partial charge in [0.1, 0.15) is 5.75 Å². The average molecular weight is 240 g/mol. The Bertz CT molecular complexity index is 476. The number of carbonyl (C=O) groups excluding carboxylic acids is 1. The summed E-state index contributed by atoms with van der Waals surface area (Å²) in [7, 11) is 0. The quantitative estimate of drug-likeness (QED) is 0.752. The number of phenols is 1. The number of hydrogen-bond acceptors (Lipinski definition) is 2. The molecule has 0 saturated carbocycles. The fraction of sp³-hybridized carbons (Fsp3) is 0. The first kappa shape index (κ1) is 8.31. The van der Waals surface area contributed by atoms with E-state index in [9.17, 15) is 9.90 Å². The van der Waals surface area contributed by atoms with Crippen LogP contribution in [0.3, 0.4) is 0 Å². The van der Waals surface area contributed by atoms with E-state index in [-0.39, 0.29) is 5.75 Å². The molecule has 0 radical (unpaired) electrons. The number of aromatic amines is 1. The minimum Gasteiger partial charge on any atom is -0.507 e. The van der Waals surface area contributed by atoms with Crippen molar-refractivity contribution in [2.24, 2.45) is 0 Å². The van der Waals surface area contributed by atoms with Crippen molar-refractivity contribution in [1.82, 2.24) is 4.98 Å². The van der Waals surface area contributed by atoms with Crippen molar-refractivity contribution in [2.75, 3.05) is 0 Å². The van der Waals surface area contributed by atoms with Gasteiger partial charge in [-0.25, -0.2) is 0 Å². The zero-order chi connectivity index (χ0) is 9.42. The van der Waals surface area contributed by atoms with Crippen LogP contribution in [0.25, 0.3) is 10.9 Å². The smallest absolute Gasteiger partial charge is 0.152 e. The monoisotopic (exact) mass is 239 g/mol. The molecule has 0 saturated heterocycles. The Morgan fingerprint density at radius 2 is 2.23 bits per heavy atom. The zero-order valence-electron chi connectivity index (χ0n) is 6.54. The Hall–Kier alpha value is -1.29. The highest BCUT2D eigenvalue weighted by Gasteiger charge is 2.09. The lowest BCUT2D eigenvalue weighted by atomic mass is 10.2. The number of aromatic nitrogens is 1. The number of halogens is 1. The SMILES string of the molecule is O=Cc1c[nH]c2ccc(O)c(Br)c12. The molecule has 0 unspecified atom stereocenters. The lowest BCUT2D eigenvalue weighted by molar-refractivity contribution is 0.112. The molecule has 0 aliphatic heterocycles. The standard InChI is InChI=1S/C9H6BrNO2/c10-9-7(13)2-1-6-8(9)5(4-12)3-11-6/h1-4,11,13H. The normalized spacial score (nSPS) is 10.5. The number of H-pyrrole nitrogens is 1. The lowest BCUT2D eigenvalue weighted by Gasteiger charge is -1.98. The van der Waals surface area contributed by atoms with Crippen molar-refractivity contribution >= 4 is 33.1 Å². The Morgan fingerprint density at radius 1 is 1.46 bits per heavy atom. The summed E-state index contributed by atoms with van der Waals surface area (Å²) in [6, 6.07) is 3.29. The summed E-state index contributed by atoms with van der Waals surface area (Å²) in [5, 5.41) is 10.1. The van der Waals surface area contributed by atoms with Crippen LogP contribution in [0.5, 0.6) is 5.75 Å². The Balaban J connectivity index is 2.93. The third-order valence-corrected chi connectivity index (χ3v) is 2.72. The van der Waals surface area contributed by atoms with Crippen molar-refractivity contribution in [3.63, 3.8) is 0 Å². The van der Waals surface area contributed by atoms with Crippen LogP contribution in [-0.4, -0.2) is 16.4 Å². The van der Waals surface area contributed by atoms with Crippen molar-refractivity contribution in [3.05, 3.63) is 28.4 Å². The van der Waals surface area contributed by atoms with Gasteiger partial charge in [-0.2, -0.15) is 0 Å². The van der Waals surface area contributed by atoms with E-state index < -0.39 is 0 Å². The second kappa shape index (κ2) is 2.88. The van der Waals surface area contributed by atoms with E-state index >= 15 is 0 Å². The maximum absolute atomic E-state index is 10.6. The summed E-state index contributed by atoms with van der Waals surface area (Å²) >= 11 is 3.22. The summed E-state index contributed by atoms with van der Waals surface area (Å²) in [4.78, 5) is 13.6. The van der Waals surface area contributed by atoms with Gasteiger partial charge < -0.3 is 10.1 Å². The number of fused-ring (bicyclic) bond motifs is 1. The number of hydrogen-bond donors (Lipinski definition) is 2. The molecule has 2 rings (SSSR count).